The third-order valence-corrected chi connectivity index (χ3v) is 5.34. The number of likely N-dealkylation sites (tertiary alicyclic amines) is 1. The highest BCUT2D eigenvalue weighted by Crippen LogP contribution is 2.28. The second kappa shape index (κ2) is 7.95. The molecule has 1 N–H and O–H groups in total. The Morgan fingerprint density at radius 3 is 2.45 bits per heavy atom. The first-order valence-corrected chi connectivity index (χ1v) is 9.79. The summed E-state index contributed by atoms with van der Waals surface area (Å²) in [6.45, 7) is 2.96. The molecule has 0 atom stereocenters. The summed E-state index contributed by atoms with van der Waals surface area (Å²) >= 11 is 0. The van der Waals surface area contributed by atoms with Gasteiger partial charge in [-0.2, -0.15) is 5.10 Å². The minimum Gasteiger partial charge on any atom is -0.460 e. The van der Waals surface area contributed by atoms with Crippen LogP contribution in [-0.2, 0) is 4.79 Å². The molecule has 1 aromatic carbocycles. The van der Waals surface area contributed by atoms with Crippen LogP contribution in [0.2, 0.25) is 0 Å². The lowest BCUT2D eigenvalue weighted by Gasteiger charge is -2.31. The Morgan fingerprint density at radius 1 is 1.10 bits per heavy atom. The van der Waals surface area contributed by atoms with Gasteiger partial charge < -0.3 is 14.6 Å². The summed E-state index contributed by atoms with van der Waals surface area (Å²) < 4.78 is 7.47. The van der Waals surface area contributed by atoms with Gasteiger partial charge in [0.15, 0.2) is 5.76 Å². The normalized spacial score (nSPS) is 14.8. The molecule has 1 aliphatic rings. The number of piperidine rings is 1. The Labute approximate surface area is 169 Å². The van der Waals surface area contributed by atoms with Crippen LogP contribution >= 0.6 is 0 Å². The van der Waals surface area contributed by atoms with Crippen molar-refractivity contribution in [3.8, 4) is 17.1 Å². The van der Waals surface area contributed by atoms with Crippen molar-refractivity contribution < 1.29 is 14.0 Å². The van der Waals surface area contributed by atoms with E-state index in [4.69, 9.17) is 4.42 Å². The molecular formula is C22H24N4O3. The van der Waals surface area contributed by atoms with Gasteiger partial charge in [0.25, 0.3) is 5.91 Å². The average Bonchev–Trinajstić information content (AvgIpc) is 3.40. The summed E-state index contributed by atoms with van der Waals surface area (Å²) in [5.41, 5.74) is 1.90. The molecule has 7 heteroatoms. The zero-order valence-electron chi connectivity index (χ0n) is 16.6. The largest absolute Gasteiger partial charge is 0.460 e. The summed E-state index contributed by atoms with van der Waals surface area (Å²) in [6.07, 6.45) is 3.08. The molecule has 3 heterocycles. The predicted molar refractivity (Wildman–Crippen MR) is 109 cm³/mol. The van der Waals surface area contributed by atoms with E-state index in [2.05, 4.69) is 10.4 Å². The van der Waals surface area contributed by atoms with Gasteiger partial charge in [0.05, 0.1) is 11.3 Å². The van der Waals surface area contributed by atoms with Crippen LogP contribution in [-0.4, -0.2) is 46.6 Å². The second-order valence-corrected chi connectivity index (χ2v) is 7.26. The summed E-state index contributed by atoms with van der Waals surface area (Å²) in [6, 6.07) is 13.4. The first kappa shape index (κ1) is 19.0. The zero-order valence-corrected chi connectivity index (χ0v) is 16.6. The molecule has 0 spiro atoms. The standard InChI is InChI=1S/C22H24N4O3/c1-15-8-9-19(29-15)20-18(14-26(24-20)17-6-4-3-5-7-17)22(28)25-12-10-16(11-13-25)21(27)23-2/h3-9,14,16H,10-13H2,1-2H3,(H,23,27). The fourth-order valence-electron chi connectivity index (χ4n) is 3.71. The van der Waals surface area contributed by atoms with Gasteiger partial charge in [-0.25, -0.2) is 4.68 Å². The van der Waals surface area contributed by atoms with Crippen LogP contribution in [0.25, 0.3) is 17.1 Å². The van der Waals surface area contributed by atoms with E-state index >= 15 is 0 Å². The molecule has 1 saturated heterocycles. The van der Waals surface area contributed by atoms with E-state index in [1.54, 1.807) is 22.8 Å². The van der Waals surface area contributed by atoms with E-state index in [-0.39, 0.29) is 17.7 Å². The predicted octanol–water partition coefficient (Wildman–Crippen LogP) is 3.04. The van der Waals surface area contributed by atoms with Crippen LogP contribution in [0, 0.1) is 12.8 Å². The quantitative estimate of drug-likeness (QED) is 0.740. The van der Waals surface area contributed by atoms with Crippen molar-refractivity contribution in [2.45, 2.75) is 19.8 Å². The number of furan rings is 1. The maximum Gasteiger partial charge on any atom is 0.257 e. The van der Waals surface area contributed by atoms with Gasteiger partial charge >= 0.3 is 0 Å². The summed E-state index contributed by atoms with van der Waals surface area (Å²) in [7, 11) is 1.65. The molecule has 4 rings (SSSR count). The number of carbonyl (C=O) groups excluding carboxylic acids is 2. The van der Waals surface area contributed by atoms with Crippen LogP contribution in [0.3, 0.4) is 0 Å². The molecule has 2 aromatic heterocycles. The summed E-state index contributed by atoms with van der Waals surface area (Å²) in [4.78, 5) is 27.0. The minimum absolute atomic E-state index is 0.0386. The van der Waals surface area contributed by atoms with Gasteiger partial charge in [0.1, 0.15) is 11.5 Å². The molecule has 29 heavy (non-hydrogen) atoms. The molecule has 1 aliphatic heterocycles. The van der Waals surface area contributed by atoms with E-state index in [0.29, 0.717) is 42.9 Å². The number of hydrogen-bond acceptors (Lipinski definition) is 4. The van der Waals surface area contributed by atoms with Crippen LogP contribution in [0.1, 0.15) is 29.0 Å². The van der Waals surface area contributed by atoms with Gasteiger partial charge in [-0.3, -0.25) is 9.59 Å². The number of nitrogens with one attached hydrogen (secondary N) is 1. The van der Waals surface area contributed by atoms with E-state index in [0.717, 1.165) is 11.4 Å². The lowest BCUT2D eigenvalue weighted by atomic mass is 9.95. The van der Waals surface area contributed by atoms with E-state index in [9.17, 15) is 9.59 Å². The summed E-state index contributed by atoms with van der Waals surface area (Å²) in [5, 5.41) is 7.34. The van der Waals surface area contributed by atoms with Crippen LogP contribution in [0.4, 0.5) is 0 Å². The highest BCUT2D eigenvalue weighted by molar-refractivity contribution is 5.99. The maximum absolute atomic E-state index is 13.3. The Morgan fingerprint density at radius 2 is 1.83 bits per heavy atom. The molecule has 0 radical (unpaired) electrons. The van der Waals surface area contributed by atoms with Crippen molar-refractivity contribution >= 4 is 11.8 Å². The zero-order chi connectivity index (χ0) is 20.4. The number of para-hydroxylation sites is 1. The van der Waals surface area contributed by atoms with Crippen molar-refractivity contribution in [2.24, 2.45) is 5.92 Å². The molecule has 2 amide bonds. The topological polar surface area (TPSA) is 80.4 Å². The summed E-state index contributed by atoms with van der Waals surface area (Å²) in [5.74, 6) is 1.25. The van der Waals surface area contributed by atoms with Crippen molar-refractivity contribution in [3.63, 3.8) is 0 Å². The third-order valence-electron chi connectivity index (χ3n) is 5.34. The molecule has 0 aliphatic carbocycles. The molecule has 0 unspecified atom stereocenters. The fraction of sp³-hybridized carbons (Fsp3) is 0.318. The molecule has 0 saturated carbocycles. The van der Waals surface area contributed by atoms with Crippen molar-refractivity contribution in [2.75, 3.05) is 20.1 Å². The molecule has 0 bridgehead atoms. The Hall–Kier alpha value is -3.35. The highest BCUT2D eigenvalue weighted by Gasteiger charge is 2.30. The molecular weight excluding hydrogens is 368 g/mol. The molecule has 7 nitrogen and oxygen atoms in total. The van der Waals surface area contributed by atoms with Gasteiger partial charge in [-0.1, -0.05) is 18.2 Å². The lowest BCUT2D eigenvalue weighted by molar-refractivity contribution is -0.125. The lowest BCUT2D eigenvalue weighted by Crippen LogP contribution is -2.42. The number of aromatic nitrogens is 2. The van der Waals surface area contributed by atoms with E-state index in [1.807, 2.05) is 49.4 Å². The molecule has 1 fully saturated rings. The van der Waals surface area contributed by atoms with Gasteiger partial charge in [-0.15, -0.1) is 0 Å². The first-order chi connectivity index (χ1) is 14.1. The fourth-order valence-corrected chi connectivity index (χ4v) is 3.71. The molecule has 150 valence electrons. The third kappa shape index (κ3) is 3.81. The maximum atomic E-state index is 13.3. The van der Waals surface area contributed by atoms with Gasteiger partial charge in [0, 0.05) is 32.3 Å². The van der Waals surface area contributed by atoms with Crippen molar-refractivity contribution in [1.82, 2.24) is 20.0 Å². The average molecular weight is 392 g/mol. The second-order valence-electron chi connectivity index (χ2n) is 7.26. The Kier molecular flexibility index (Phi) is 5.20. The van der Waals surface area contributed by atoms with Gasteiger partial charge in [0.2, 0.25) is 5.91 Å². The van der Waals surface area contributed by atoms with Crippen LogP contribution in [0.5, 0.6) is 0 Å². The number of rotatable bonds is 4. The number of benzene rings is 1. The van der Waals surface area contributed by atoms with Crippen LogP contribution < -0.4 is 5.32 Å². The van der Waals surface area contributed by atoms with Crippen molar-refractivity contribution in [3.05, 3.63) is 60.0 Å². The van der Waals surface area contributed by atoms with E-state index in [1.165, 1.54) is 0 Å². The number of carbonyl (C=O) groups is 2. The number of hydrogen-bond donors (Lipinski definition) is 1. The smallest absolute Gasteiger partial charge is 0.257 e. The SMILES string of the molecule is CNC(=O)C1CCN(C(=O)c2cn(-c3ccccc3)nc2-c2ccc(C)o2)CC1. The Bertz CT molecular complexity index is 1010. The van der Waals surface area contributed by atoms with Gasteiger partial charge in [-0.05, 0) is 44.0 Å². The highest BCUT2D eigenvalue weighted by atomic mass is 16.3. The van der Waals surface area contributed by atoms with Crippen LogP contribution in [0.15, 0.2) is 53.1 Å². The minimum atomic E-state index is -0.0911. The number of amides is 2. The van der Waals surface area contributed by atoms with Crippen molar-refractivity contribution in [1.29, 1.82) is 0 Å². The first-order valence-electron chi connectivity index (χ1n) is 9.79. The molecule has 3 aromatic rings. The van der Waals surface area contributed by atoms with E-state index < -0.39 is 0 Å². The number of aryl methyl sites for hydroxylation is 1. The number of nitrogens with zero attached hydrogens (tertiary/aromatic N) is 3. The monoisotopic (exact) mass is 392 g/mol. The Balaban J connectivity index is 1.64.